The highest BCUT2D eigenvalue weighted by molar-refractivity contribution is 7.89. The second kappa shape index (κ2) is 6.79. The molecular weight excluding hydrogens is 354 g/mol. The lowest BCUT2D eigenvalue weighted by atomic mass is 9.97. The molecule has 26 heavy (non-hydrogen) atoms. The summed E-state index contributed by atoms with van der Waals surface area (Å²) in [7, 11) is -3.88. The van der Waals surface area contributed by atoms with Crippen molar-refractivity contribution in [2.75, 3.05) is 24.5 Å². The molecule has 0 aliphatic carbocycles. The molecule has 1 aromatic rings. The van der Waals surface area contributed by atoms with E-state index in [2.05, 4.69) is 35.8 Å². The molecule has 144 valence electrons. The van der Waals surface area contributed by atoms with E-state index < -0.39 is 15.9 Å². The number of pyridine rings is 1. The third-order valence-corrected chi connectivity index (χ3v) is 6.70. The van der Waals surface area contributed by atoms with Crippen LogP contribution in [0, 0.1) is 5.92 Å². The maximum atomic E-state index is 12.9. The van der Waals surface area contributed by atoms with Crippen LogP contribution in [-0.2, 0) is 10.0 Å². The van der Waals surface area contributed by atoms with Gasteiger partial charge in [-0.25, -0.2) is 18.1 Å². The van der Waals surface area contributed by atoms with Gasteiger partial charge in [-0.1, -0.05) is 6.92 Å². The first-order valence-electron chi connectivity index (χ1n) is 8.91. The van der Waals surface area contributed by atoms with Gasteiger partial charge in [0.2, 0.25) is 10.0 Å². The predicted octanol–water partition coefficient (Wildman–Crippen LogP) is 0.446. The summed E-state index contributed by atoms with van der Waals surface area (Å²) in [5, 5.41) is 3.12. The Morgan fingerprint density at radius 2 is 2.19 bits per heavy atom. The minimum atomic E-state index is -3.88. The number of aromatic nitrogens is 1. The molecule has 0 saturated carbocycles. The minimum Gasteiger partial charge on any atom is -0.365 e. The smallest absolute Gasteiger partial charge is 0.253 e. The number of anilines is 1. The zero-order valence-electron chi connectivity index (χ0n) is 15.4. The van der Waals surface area contributed by atoms with Gasteiger partial charge in [-0.05, 0) is 45.2 Å². The standard InChI is InChI=1S/C17H27N5O3S/c1-11-8-17(2,3)22(10-11)16-14(15(18)23)13(5-7-20-16)26(24,25)21-12-4-6-19-9-12/h5,7,11-12,19,21H,4,6,8-10H2,1-3H3,(H2,18,23)/t11-,12+/m0/s1. The van der Waals surface area contributed by atoms with Gasteiger partial charge in [-0.3, -0.25) is 4.79 Å². The Bertz CT molecular complexity index is 803. The molecule has 2 aliphatic heterocycles. The number of hydrogen-bond acceptors (Lipinski definition) is 6. The lowest BCUT2D eigenvalue weighted by Gasteiger charge is -2.34. The van der Waals surface area contributed by atoms with Crippen molar-refractivity contribution in [2.45, 2.75) is 50.1 Å². The normalized spacial score (nSPS) is 25.6. The topological polar surface area (TPSA) is 117 Å². The van der Waals surface area contributed by atoms with Gasteiger partial charge in [-0.2, -0.15) is 0 Å². The third kappa shape index (κ3) is 3.56. The molecule has 0 radical (unpaired) electrons. The first kappa shape index (κ1) is 19.1. The van der Waals surface area contributed by atoms with Crippen molar-refractivity contribution in [1.29, 1.82) is 0 Å². The molecule has 2 aliphatic rings. The summed E-state index contributed by atoms with van der Waals surface area (Å²) in [4.78, 5) is 18.5. The maximum Gasteiger partial charge on any atom is 0.253 e. The number of carbonyl (C=O) groups is 1. The Kier molecular flexibility index (Phi) is 4.98. The zero-order chi connectivity index (χ0) is 19.1. The number of carbonyl (C=O) groups excluding carboxylic acids is 1. The number of rotatable bonds is 5. The fourth-order valence-corrected chi connectivity index (χ4v) is 5.56. The first-order chi connectivity index (χ1) is 12.1. The van der Waals surface area contributed by atoms with Crippen LogP contribution < -0.4 is 20.7 Å². The quantitative estimate of drug-likeness (QED) is 0.681. The van der Waals surface area contributed by atoms with Gasteiger partial charge in [0.1, 0.15) is 16.3 Å². The van der Waals surface area contributed by atoms with Gasteiger partial charge >= 0.3 is 0 Å². The van der Waals surface area contributed by atoms with Crippen LogP contribution in [0.1, 0.15) is 44.0 Å². The fourth-order valence-electron chi connectivity index (χ4n) is 4.09. The van der Waals surface area contributed by atoms with Crippen LogP contribution in [0.2, 0.25) is 0 Å². The van der Waals surface area contributed by atoms with Crippen LogP contribution in [0.5, 0.6) is 0 Å². The Morgan fingerprint density at radius 3 is 2.73 bits per heavy atom. The molecule has 2 saturated heterocycles. The van der Waals surface area contributed by atoms with Gasteiger partial charge in [-0.15, -0.1) is 0 Å². The Morgan fingerprint density at radius 1 is 1.46 bits per heavy atom. The molecule has 3 heterocycles. The zero-order valence-corrected chi connectivity index (χ0v) is 16.3. The van der Waals surface area contributed by atoms with E-state index in [9.17, 15) is 13.2 Å². The molecule has 1 aromatic heterocycles. The van der Waals surface area contributed by atoms with Crippen LogP contribution in [0.15, 0.2) is 17.2 Å². The van der Waals surface area contributed by atoms with Crippen LogP contribution >= 0.6 is 0 Å². The largest absolute Gasteiger partial charge is 0.365 e. The molecule has 0 unspecified atom stereocenters. The van der Waals surface area contributed by atoms with Crippen LogP contribution in [0.3, 0.4) is 0 Å². The second-order valence-electron chi connectivity index (χ2n) is 7.92. The number of amides is 1. The Balaban J connectivity index is 2.06. The van der Waals surface area contributed by atoms with Gasteiger partial charge in [0.15, 0.2) is 0 Å². The van der Waals surface area contributed by atoms with E-state index in [1.165, 1.54) is 12.3 Å². The number of nitrogens with one attached hydrogen (secondary N) is 2. The Labute approximate surface area is 154 Å². The van der Waals surface area contributed by atoms with Gasteiger partial charge < -0.3 is 16.0 Å². The highest BCUT2D eigenvalue weighted by Gasteiger charge is 2.40. The Hall–Kier alpha value is -1.71. The molecule has 3 rings (SSSR count). The predicted molar refractivity (Wildman–Crippen MR) is 99.6 cm³/mol. The average Bonchev–Trinajstić information content (AvgIpc) is 3.12. The van der Waals surface area contributed by atoms with Gasteiger partial charge in [0.25, 0.3) is 5.91 Å². The summed E-state index contributed by atoms with van der Waals surface area (Å²) in [6.07, 6.45) is 3.07. The van der Waals surface area contributed by atoms with Crippen LogP contribution in [-0.4, -0.2) is 50.5 Å². The summed E-state index contributed by atoms with van der Waals surface area (Å²) < 4.78 is 28.5. The number of sulfonamides is 1. The van der Waals surface area contributed by atoms with Crippen molar-refractivity contribution in [3.05, 3.63) is 17.8 Å². The number of nitrogens with zero attached hydrogens (tertiary/aromatic N) is 2. The van der Waals surface area contributed by atoms with E-state index in [0.717, 1.165) is 13.0 Å². The second-order valence-corrected chi connectivity index (χ2v) is 9.60. The molecule has 8 nitrogen and oxygen atoms in total. The molecule has 2 atom stereocenters. The summed E-state index contributed by atoms with van der Waals surface area (Å²) in [5.41, 5.74) is 5.33. The average molecular weight is 382 g/mol. The summed E-state index contributed by atoms with van der Waals surface area (Å²) in [5.74, 6) is -0.0249. The minimum absolute atomic E-state index is 0.0341. The molecule has 0 bridgehead atoms. The highest BCUT2D eigenvalue weighted by Crippen LogP contribution is 2.38. The van der Waals surface area contributed by atoms with E-state index >= 15 is 0 Å². The SMILES string of the molecule is C[C@@H]1CN(c2nccc(S(=O)(=O)N[C@@H]3CCNC3)c2C(N)=O)C(C)(C)C1. The lowest BCUT2D eigenvalue weighted by molar-refractivity contribution is 0.0997. The van der Waals surface area contributed by atoms with Crippen molar-refractivity contribution in [1.82, 2.24) is 15.0 Å². The summed E-state index contributed by atoms with van der Waals surface area (Å²) in [6, 6.07) is 1.15. The molecule has 2 fully saturated rings. The van der Waals surface area contributed by atoms with E-state index in [1.54, 1.807) is 0 Å². The summed E-state index contributed by atoms with van der Waals surface area (Å²) >= 11 is 0. The van der Waals surface area contributed by atoms with Crippen LogP contribution in [0.4, 0.5) is 5.82 Å². The number of primary amides is 1. The molecule has 0 aromatic carbocycles. The van der Waals surface area contributed by atoms with E-state index in [4.69, 9.17) is 5.73 Å². The molecule has 1 amide bonds. The van der Waals surface area contributed by atoms with Gasteiger partial charge in [0.05, 0.1) is 0 Å². The van der Waals surface area contributed by atoms with Crippen molar-refractivity contribution >= 4 is 21.7 Å². The highest BCUT2D eigenvalue weighted by atomic mass is 32.2. The molecular formula is C17H27N5O3S. The van der Waals surface area contributed by atoms with Gasteiger partial charge in [0, 0.05) is 30.9 Å². The fraction of sp³-hybridized carbons (Fsp3) is 0.647. The number of nitrogens with two attached hydrogens (primary N) is 1. The van der Waals surface area contributed by atoms with Crippen molar-refractivity contribution < 1.29 is 13.2 Å². The lowest BCUT2D eigenvalue weighted by Crippen LogP contribution is -2.41. The summed E-state index contributed by atoms with van der Waals surface area (Å²) in [6.45, 7) is 8.28. The van der Waals surface area contributed by atoms with Crippen molar-refractivity contribution in [2.24, 2.45) is 11.7 Å². The van der Waals surface area contributed by atoms with Crippen molar-refractivity contribution in [3.63, 3.8) is 0 Å². The maximum absolute atomic E-state index is 12.9. The molecule has 0 spiro atoms. The molecule has 9 heteroatoms. The van der Waals surface area contributed by atoms with E-state index in [1.807, 2.05) is 4.90 Å². The molecule has 4 N–H and O–H groups in total. The first-order valence-corrected chi connectivity index (χ1v) is 10.4. The number of hydrogen-bond donors (Lipinski definition) is 3. The third-order valence-electron chi connectivity index (χ3n) is 5.14. The monoisotopic (exact) mass is 381 g/mol. The van der Waals surface area contributed by atoms with Crippen molar-refractivity contribution in [3.8, 4) is 0 Å². The van der Waals surface area contributed by atoms with Crippen LogP contribution in [0.25, 0.3) is 0 Å². The van der Waals surface area contributed by atoms with E-state index in [0.29, 0.717) is 31.2 Å². The van der Waals surface area contributed by atoms with E-state index in [-0.39, 0.29) is 22.0 Å².